The molecule has 10 heteroatoms. The van der Waals surface area contributed by atoms with E-state index in [1.807, 2.05) is 45.0 Å². The van der Waals surface area contributed by atoms with E-state index in [0.29, 0.717) is 0 Å². The van der Waals surface area contributed by atoms with Crippen LogP contribution in [0.25, 0.3) is 0 Å². The van der Waals surface area contributed by atoms with Crippen LogP contribution in [0.1, 0.15) is 38.3 Å². The van der Waals surface area contributed by atoms with Gasteiger partial charge in [-0.1, -0.05) is 60.0 Å². The lowest BCUT2D eigenvalue weighted by atomic mass is 10.1. The predicted octanol–water partition coefficient (Wildman–Crippen LogP) is 4.40. The molecule has 2 rings (SSSR count). The summed E-state index contributed by atoms with van der Waals surface area (Å²) in [4.78, 5) is 27.8. The van der Waals surface area contributed by atoms with Gasteiger partial charge in [0.15, 0.2) is 0 Å². The van der Waals surface area contributed by atoms with Crippen molar-refractivity contribution >= 4 is 50.7 Å². The Kier molecular flexibility index (Phi) is 9.79. The fraction of sp³-hybridized carbons (Fsp3) is 0.417. The highest BCUT2D eigenvalue weighted by atomic mass is 35.5. The minimum absolute atomic E-state index is 0.0606. The summed E-state index contributed by atoms with van der Waals surface area (Å²) < 4.78 is 26.1. The third kappa shape index (κ3) is 7.61. The Morgan fingerprint density at radius 3 is 2.29 bits per heavy atom. The molecule has 2 unspecified atom stereocenters. The highest BCUT2D eigenvalue weighted by Gasteiger charge is 2.30. The molecule has 0 aliphatic heterocycles. The van der Waals surface area contributed by atoms with Crippen LogP contribution in [0.3, 0.4) is 0 Å². The normalized spacial score (nSPS) is 13.1. The molecule has 0 saturated carbocycles. The molecule has 0 aliphatic carbocycles. The van der Waals surface area contributed by atoms with Gasteiger partial charge in [0, 0.05) is 12.6 Å². The van der Waals surface area contributed by atoms with Gasteiger partial charge < -0.3 is 10.2 Å². The zero-order valence-corrected chi connectivity index (χ0v) is 22.3. The molecule has 2 atom stereocenters. The Morgan fingerprint density at radius 1 is 1.06 bits per heavy atom. The number of hydrogen-bond donors (Lipinski definition) is 1. The Hall–Kier alpha value is -2.29. The second-order valence-electron chi connectivity index (χ2n) is 8.37. The molecule has 0 saturated heterocycles. The maximum absolute atomic E-state index is 13.5. The van der Waals surface area contributed by atoms with Crippen molar-refractivity contribution in [1.29, 1.82) is 0 Å². The lowest BCUT2D eigenvalue weighted by Crippen LogP contribution is -2.52. The van der Waals surface area contributed by atoms with Gasteiger partial charge in [-0.05, 0) is 51.0 Å². The summed E-state index contributed by atoms with van der Waals surface area (Å²) >= 11 is 12.1. The standard InChI is InChI=1S/C24H31Cl2N3O4S/c1-6-17(3)27-24(31)18(4)28(14-19-9-7-8-16(2)12-19)23(30)15-29(34(5,32)33)20-10-11-21(25)22(26)13-20/h7-13,17-18H,6,14-15H2,1-5H3,(H,27,31). The number of nitrogens with zero attached hydrogens (tertiary/aromatic N) is 2. The third-order valence-corrected chi connectivity index (χ3v) is 7.35. The van der Waals surface area contributed by atoms with E-state index >= 15 is 0 Å². The smallest absolute Gasteiger partial charge is 0.244 e. The number of sulfonamides is 1. The summed E-state index contributed by atoms with van der Waals surface area (Å²) in [6, 6.07) is 11.0. The SMILES string of the molecule is CCC(C)NC(=O)C(C)N(Cc1cccc(C)c1)C(=O)CN(c1ccc(Cl)c(Cl)c1)S(C)(=O)=O. The van der Waals surface area contributed by atoms with Crippen LogP contribution in [-0.2, 0) is 26.2 Å². The minimum Gasteiger partial charge on any atom is -0.352 e. The topological polar surface area (TPSA) is 86.8 Å². The molecule has 2 aromatic carbocycles. The molecule has 0 heterocycles. The van der Waals surface area contributed by atoms with Crippen molar-refractivity contribution in [3.63, 3.8) is 0 Å². The van der Waals surface area contributed by atoms with Crippen LogP contribution in [0.2, 0.25) is 10.0 Å². The third-order valence-electron chi connectivity index (χ3n) is 5.47. The van der Waals surface area contributed by atoms with Gasteiger partial charge in [0.05, 0.1) is 22.0 Å². The number of halogens is 2. The number of rotatable bonds is 10. The quantitative estimate of drug-likeness (QED) is 0.495. The molecule has 2 aromatic rings. The van der Waals surface area contributed by atoms with Gasteiger partial charge in [-0.15, -0.1) is 0 Å². The number of anilines is 1. The lowest BCUT2D eigenvalue weighted by molar-refractivity contribution is -0.139. The molecule has 0 radical (unpaired) electrons. The summed E-state index contributed by atoms with van der Waals surface area (Å²) in [5.41, 5.74) is 2.05. The summed E-state index contributed by atoms with van der Waals surface area (Å²) in [6.07, 6.45) is 1.75. The number of amides is 2. The first-order valence-electron chi connectivity index (χ1n) is 10.9. The number of carbonyl (C=O) groups excluding carboxylic acids is 2. The van der Waals surface area contributed by atoms with E-state index in [-0.39, 0.29) is 34.2 Å². The molecule has 7 nitrogen and oxygen atoms in total. The van der Waals surface area contributed by atoms with Crippen LogP contribution in [0.15, 0.2) is 42.5 Å². The number of nitrogens with one attached hydrogen (secondary N) is 1. The second-order valence-corrected chi connectivity index (χ2v) is 11.1. The van der Waals surface area contributed by atoms with Gasteiger partial charge in [-0.3, -0.25) is 13.9 Å². The minimum atomic E-state index is -3.84. The van der Waals surface area contributed by atoms with Crippen LogP contribution in [0, 0.1) is 6.92 Å². The maximum Gasteiger partial charge on any atom is 0.244 e. The van der Waals surface area contributed by atoms with E-state index < -0.39 is 28.5 Å². The van der Waals surface area contributed by atoms with Crippen molar-refractivity contribution in [1.82, 2.24) is 10.2 Å². The maximum atomic E-state index is 13.5. The van der Waals surface area contributed by atoms with Crippen LogP contribution in [-0.4, -0.2) is 50.0 Å². The first-order chi connectivity index (χ1) is 15.8. The fourth-order valence-corrected chi connectivity index (χ4v) is 4.44. The van der Waals surface area contributed by atoms with Gasteiger partial charge in [-0.25, -0.2) is 8.42 Å². The average molecular weight is 529 g/mol. The number of benzene rings is 2. The van der Waals surface area contributed by atoms with Crippen molar-refractivity contribution in [2.45, 2.75) is 52.7 Å². The molecule has 1 N–H and O–H groups in total. The molecule has 0 spiro atoms. The molecule has 186 valence electrons. The van der Waals surface area contributed by atoms with Crippen molar-refractivity contribution in [3.8, 4) is 0 Å². The number of carbonyl (C=O) groups is 2. The van der Waals surface area contributed by atoms with Crippen molar-refractivity contribution in [2.24, 2.45) is 0 Å². The van der Waals surface area contributed by atoms with E-state index in [9.17, 15) is 18.0 Å². The summed E-state index contributed by atoms with van der Waals surface area (Å²) in [7, 11) is -3.84. The van der Waals surface area contributed by atoms with Gasteiger partial charge in [0.2, 0.25) is 21.8 Å². The largest absolute Gasteiger partial charge is 0.352 e. The average Bonchev–Trinajstić information content (AvgIpc) is 2.76. The van der Waals surface area contributed by atoms with Crippen molar-refractivity contribution < 1.29 is 18.0 Å². The molecule has 0 fully saturated rings. The van der Waals surface area contributed by atoms with Gasteiger partial charge in [0.1, 0.15) is 12.6 Å². The van der Waals surface area contributed by atoms with E-state index in [0.717, 1.165) is 28.1 Å². The molecule has 34 heavy (non-hydrogen) atoms. The van der Waals surface area contributed by atoms with E-state index in [4.69, 9.17) is 23.2 Å². The summed E-state index contributed by atoms with van der Waals surface area (Å²) in [5.74, 6) is -0.833. The molecule has 0 aromatic heterocycles. The second kappa shape index (κ2) is 11.9. The highest BCUT2D eigenvalue weighted by Crippen LogP contribution is 2.28. The van der Waals surface area contributed by atoms with Crippen LogP contribution in [0.5, 0.6) is 0 Å². The lowest BCUT2D eigenvalue weighted by Gasteiger charge is -2.32. The monoisotopic (exact) mass is 527 g/mol. The van der Waals surface area contributed by atoms with Crippen LogP contribution >= 0.6 is 23.2 Å². The van der Waals surface area contributed by atoms with Crippen LogP contribution < -0.4 is 9.62 Å². The first kappa shape index (κ1) is 28.0. The summed E-state index contributed by atoms with van der Waals surface area (Å²) in [6.45, 7) is 7.05. The van der Waals surface area contributed by atoms with E-state index in [2.05, 4.69) is 5.32 Å². The van der Waals surface area contributed by atoms with E-state index in [1.165, 1.54) is 23.1 Å². The fourth-order valence-electron chi connectivity index (χ4n) is 3.31. The zero-order valence-electron chi connectivity index (χ0n) is 20.0. The Morgan fingerprint density at radius 2 is 1.74 bits per heavy atom. The van der Waals surface area contributed by atoms with Gasteiger partial charge in [-0.2, -0.15) is 0 Å². The van der Waals surface area contributed by atoms with Gasteiger partial charge in [0.25, 0.3) is 0 Å². The van der Waals surface area contributed by atoms with Crippen molar-refractivity contribution in [2.75, 3.05) is 17.1 Å². The highest BCUT2D eigenvalue weighted by molar-refractivity contribution is 7.92. The molecule has 2 amide bonds. The van der Waals surface area contributed by atoms with Gasteiger partial charge >= 0.3 is 0 Å². The molecule has 0 aliphatic rings. The molecular weight excluding hydrogens is 497 g/mol. The van der Waals surface area contributed by atoms with Crippen molar-refractivity contribution in [3.05, 3.63) is 63.6 Å². The van der Waals surface area contributed by atoms with E-state index in [1.54, 1.807) is 6.92 Å². The predicted molar refractivity (Wildman–Crippen MR) is 138 cm³/mol. The summed E-state index contributed by atoms with van der Waals surface area (Å²) in [5, 5.41) is 3.32. The molecular formula is C24H31Cl2N3O4S. The molecule has 0 bridgehead atoms. The number of aryl methyl sites for hydroxylation is 1. The Bertz CT molecular complexity index is 1140. The van der Waals surface area contributed by atoms with Crippen LogP contribution in [0.4, 0.5) is 5.69 Å². The Labute approximate surface area is 212 Å². The Balaban J connectivity index is 2.41. The zero-order chi connectivity index (χ0) is 25.6. The number of hydrogen-bond acceptors (Lipinski definition) is 4. The first-order valence-corrected chi connectivity index (χ1v) is 13.5.